The van der Waals surface area contributed by atoms with Crippen LogP contribution < -0.4 is 9.64 Å². The number of fused-ring (bicyclic) bond motifs is 1. The number of nitrogens with zero attached hydrogens (tertiary/aromatic N) is 9. The first-order chi connectivity index (χ1) is 13.6. The maximum atomic E-state index is 12.6. The Morgan fingerprint density at radius 2 is 2.00 bits per heavy atom. The molecule has 1 amide bonds. The molecule has 0 saturated carbocycles. The minimum atomic E-state index is -0.250. The lowest BCUT2D eigenvalue weighted by Crippen LogP contribution is -2.49. The number of carbonyl (C=O) groups excluding carboxylic acids is 1. The number of piperazine rings is 1. The number of methoxy groups -OCH3 is 1. The van der Waals surface area contributed by atoms with Gasteiger partial charge in [0.25, 0.3) is 18.2 Å². The van der Waals surface area contributed by atoms with Crippen molar-refractivity contribution in [2.45, 2.75) is 0 Å². The van der Waals surface area contributed by atoms with Crippen LogP contribution in [-0.2, 0) is 11.8 Å². The first-order valence-electron chi connectivity index (χ1n) is 8.31. The average Bonchev–Trinajstić information content (AvgIpc) is 3.34. The lowest BCUT2D eigenvalue weighted by molar-refractivity contribution is -0.122. The summed E-state index contributed by atoms with van der Waals surface area (Å²) in [6.45, 7) is 2.27. The maximum Gasteiger partial charge on any atom is 0.314 e. The van der Waals surface area contributed by atoms with E-state index in [4.69, 9.17) is 14.6 Å². The second-order valence-corrected chi connectivity index (χ2v) is 5.73. The molecule has 0 aliphatic carbocycles. The molecular formula is C15H19N9O4. The second kappa shape index (κ2) is 8.28. The molecule has 0 spiro atoms. The molecule has 3 aromatic rings. The van der Waals surface area contributed by atoms with Crippen molar-refractivity contribution >= 4 is 24.0 Å². The zero-order chi connectivity index (χ0) is 20.1. The van der Waals surface area contributed by atoms with Crippen molar-refractivity contribution in [2.75, 3.05) is 38.2 Å². The van der Waals surface area contributed by atoms with E-state index in [0.29, 0.717) is 38.0 Å². The zero-order valence-electron chi connectivity index (χ0n) is 15.3. The van der Waals surface area contributed by atoms with Gasteiger partial charge in [-0.15, -0.1) is 15.3 Å². The van der Waals surface area contributed by atoms with Gasteiger partial charge in [0.1, 0.15) is 12.1 Å². The van der Waals surface area contributed by atoms with E-state index >= 15 is 0 Å². The number of hydrogen-bond donors (Lipinski definition) is 1. The molecule has 0 aromatic carbocycles. The topological polar surface area (TPSA) is 144 Å². The summed E-state index contributed by atoms with van der Waals surface area (Å²) in [6.07, 6.45) is 3.35. The molecule has 1 fully saturated rings. The van der Waals surface area contributed by atoms with E-state index in [-0.39, 0.29) is 18.2 Å². The van der Waals surface area contributed by atoms with Gasteiger partial charge in [-0.2, -0.15) is 4.98 Å². The second-order valence-electron chi connectivity index (χ2n) is 5.73. The molecule has 0 unspecified atom stereocenters. The van der Waals surface area contributed by atoms with Crippen LogP contribution in [0.25, 0.3) is 5.78 Å². The lowest BCUT2D eigenvalue weighted by atomic mass is 10.3. The third kappa shape index (κ3) is 3.67. The van der Waals surface area contributed by atoms with Gasteiger partial charge in [-0.05, 0) is 6.07 Å². The summed E-state index contributed by atoms with van der Waals surface area (Å²) in [5, 5.41) is 18.8. The van der Waals surface area contributed by atoms with E-state index in [1.165, 1.54) is 11.8 Å². The number of amides is 1. The van der Waals surface area contributed by atoms with Crippen LogP contribution in [0, 0.1) is 0 Å². The Hall–Kier alpha value is -3.77. The fourth-order valence-corrected chi connectivity index (χ4v) is 2.91. The van der Waals surface area contributed by atoms with E-state index in [1.54, 1.807) is 24.5 Å². The Balaban J connectivity index is 0.000000706. The van der Waals surface area contributed by atoms with E-state index < -0.39 is 0 Å². The number of hydrogen-bond acceptors (Lipinski definition) is 9. The SMILES string of the molecule is COc1nc(C(=O)N2CCN(c3ccnc4nncn34)CC2)nn1C.O=CO. The maximum absolute atomic E-state index is 12.6. The van der Waals surface area contributed by atoms with Gasteiger partial charge < -0.3 is 19.6 Å². The van der Waals surface area contributed by atoms with Crippen LogP contribution in [0.1, 0.15) is 10.6 Å². The summed E-state index contributed by atoms with van der Waals surface area (Å²) in [6, 6.07) is 2.23. The van der Waals surface area contributed by atoms with Crippen molar-refractivity contribution in [2.24, 2.45) is 7.05 Å². The molecule has 1 saturated heterocycles. The molecule has 1 N–H and O–H groups in total. The molecule has 4 rings (SSSR count). The fourth-order valence-electron chi connectivity index (χ4n) is 2.91. The highest BCUT2D eigenvalue weighted by Crippen LogP contribution is 2.17. The van der Waals surface area contributed by atoms with Gasteiger partial charge in [-0.1, -0.05) is 0 Å². The van der Waals surface area contributed by atoms with Crippen LogP contribution >= 0.6 is 0 Å². The van der Waals surface area contributed by atoms with E-state index in [9.17, 15) is 4.79 Å². The summed E-state index contributed by atoms with van der Waals surface area (Å²) >= 11 is 0. The molecule has 13 heteroatoms. The van der Waals surface area contributed by atoms with Crippen LogP contribution in [0.3, 0.4) is 0 Å². The van der Waals surface area contributed by atoms with Crippen molar-refractivity contribution in [3.05, 3.63) is 24.4 Å². The number of rotatable bonds is 3. The van der Waals surface area contributed by atoms with E-state index in [2.05, 4.69) is 30.2 Å². The summed E-state index contributed by atoms with van der Waals surface area (Å²) in [4.78, 5) is 33.1. The van der Waals surface area contributed by atoms with Gasteiger partial charge in [-0.3, -0.25) is 14.0 Å². The molecule has 13 nitrogen and oxygen atoms in total. The first kappa shape index (κ1) is 19.0. The van der Waals surface area contributed by atoms with Gasteiger partial charge in [0.15, 0.2) is 0 Å². The van der Waals surface area contributed by atoms with Gasteiger partial charge in [0.2, 0.25) is 5.82 Å². The Kier molecular flexibility index (Phi) is 5.62. The molecule has 0 radical (unpaired) electrons. The highest BCUT2D eigenvalue weighted by atomic mass is 16.5. The van der Waals surface area contributed by atoms with Gasteiger partial charge in [-0.25, -0.2) is 9.67 Å². The quantitative estimate of drug-likeness (QED) is 0.549. The van der Waals surface area contributed by atoms with E-state index in [0.717, 1.165) is 5.82 Å². The van der Waals surface area contributed by atoms with Gasteiger partial charge in [0, 0.05) is 39.4 Å². The Morgan fingerprint density at radius 3 is 2.64 bits per heavy atom. The van der Waals surface area contributed by atoms with Crippen molar-refractivity contribution < 1.29 is 19.4 Å². The predicted octanol–water partition coefficient (Wildman–Crippen LogP) is -1.08. The Labute approximate surface area is 159 Å². The average molecular weight is 389 g/mol. The normalized spacial score (nSPS) is 13.8. The predicted molar refractivity (Wildman–Crippen MR) is 95.1 cm³/mol. The van der Waals surface area contributed by atoms with Crippen molar-refractivity contribution in [3.8, 4) is 6.01 Å². The summed E-state index contributed by atoms with van der Waals surface area (Å²) in [7, 11) is 3.19. The summed E-state index contributed by atoms with van der Waals surface area (Å²) in [5.41, 5.74) is 0. The molecule has 0 atom stereocenters. The van der Waals surface area contributed by atoms with Crippen molar-refractivity contribution in [1.82, 2.24) is 39.2 Å². The Bertz CT molecular complexity index is 961. The molecule has 28 heavy (non-hydrogen) atoms. The lowest BCUT2D eigenvalue weighted by Gasteiger charge is -2.35. The number of anilines is 1. The molecular weight excluding hydrogens is 370 g/mol. The standard InChI is InChI=1S/C14H17N9O2.CH2O2/c1-20-14(25-2)17-11(19-20)12(24)22-7-5-21(6-8-22)10-3-4-15-13-18-16-9-23(10)13;2-1-3/h3-4,9H,5-8H2,1-2H3;1H,(H,2,3). The number of aromatic nitrogens is 7. The number of carbonyl (C=O) groups is 2. The summed E-state index contributed by atoms with van der Waals surface area (Å²) in [5.74, 6) is 1.47. The van der Waals surface area contributed by atoms with Crippen LogP contribution in [0.5, 0.6) is 6.01 Å². The Morgan fingerprint density at radius 1 is 1.29 bits per heavy atom. The third-order valence-electron chi connectivity index (χ3n) is 4.18. The first-order valence-corrected chi connectivity index (χ1v) is 8.31. The van der Waals surface area contributed by atoms with Crippen LogP contribution in [-0.4, -0.2) is 90.0 Å². The number of ether oxygens (including phenoxy) is 1. The molecule has 1 aliphatic rings. The molecule has 148 valence electrons. The fraction of sp³-hybridized carbons (Fsp3) is 0.400. The molecule has 1 aliphatic heterocycles. The third-order valence-corrected chi connectivity index (χ3v) is 4.18. The van der Waals surface area contributed by atoms with Crippen LogP contribution in [0.2, 0.25) is 0 Å². The highest BCUT2D eigenvalue weighted by Gasteiger charge is 2.26. The zero-order valence-corrected chi connectivity index (χ0v) is 15.3. The largest absolute Gasteiger partial charge is 0.483 e. The number of aryl methyl sites for hydroxylation is 1. The number of carboxylic acid groups (broad SMARTS) is 1. The minimum Gasteiger partial charge on any atom is -0.483 e. The molecule has 3 aromatic heterocycles. The smallest absolute Gasteiger partial charge is 0.314 e. The minimum absolute atomic E-state index is 0.151. The highest BCUT2D eigenvalue weighted by molar-refractivity contribution is 5.90. The summed E-state index contributed by atoms with van der Waals surface area (Å²) < 4.78 is 8.34. The van der Waals surface area contributed by atoms with Crippen molar-refractivity contribution in [3.63, 3.8) is 0 Å². The van der Waals surface area contributed by atoms with Crippen LogP contribution in [0.15, 0.2) is 18.6 Å². The van der Waals surface area contributed by atoms with Crippen LogP contribution in [0.4, 0.5) is 5.82 Å². The van der Waals surface area contributed by atoms with Gasteiger partial charge >= 0.3 is 6.01 Å². The van der Waals surface area contributed by atoms with E-state index in [1.807, 2.05) is 10.5 Å². The van der Waals surface area contributed by atoms with Gasteiger partial charge in [0.05, 0.1) is 7.11 Å². The van der Waals surface area contributed by atoms with Crippen molar-refractivity contribution in [1.29, 1.82) is 0 Å². The molecule has 4 heterocycles. The monoisotopic (exact) mass is 389 g/mol. The molecule has 0 bridgehead atoms.